The Hall–Kier alpha value is -2.09. The van der Waals surface area contributed by atoms with Gasteiger partial charge in [-0.3, -0.25) is 0 Å². The molecule has 0 amide bonds. The minimum absolute atomic E-state index is 0.0450. The first-order valence-electron chi connectivity index (χ1n) is 6.20. The zero-order valence-corrected chi connectivity index (χ0v) is 11.2. The van der Waals surface area contributed by atoms with Crippen LogP contribution in [0.4, 0.5) is 30.7 Å². The van der Waals surface area contributed by atoms with Gasteiger partial charge >= 0.3 is 12.4 Å². The minimum atomic E-state index is -6.05. The van der Waals surface area contributed by atoms with Crippen molar-refractivity contribution in [1.29, 1.82) is 0 Å². The van der Waals surface area contributed by atoms with Gasteiger partial charge in [0.2, 0.25) is 0 Å². The summed E-state index contributed by atoms with van der Waals surface area (Å²) in [4.78, 5) is 0. The smallest absolute Gasteiger partial charge is 0.369 e. The highest BCUT2D eigenvalue weighted by Crippen LogP contribution is 2.50. The molecule has 2 aromatic rings. The Morgan fingerprint density at radius 3 is 1.70 bits per heavy atom. The maximum atomic E-state index is 14.0. The van der Waals surface area contributed by atoms with Gasteiger partial charge in [-0.15, -0.1) is 0 Å². The molecule has 0 aliphatic rings. The maximum Gasteiger partial charge on any atom is 0.430 e. The van der Waals surface area contributed by atoms with Gasteiger partial charge in [0.15, 0.2) is 0 Å². The van der Waals surface area contributed by atoms with Crippen LogP contribution in [0.25, 0.3) is 11.1 Å². The second kappa shape index (κ2) is 5.52. The van der Waals surface area contributed by atoms with Crippen molar-refractivity contribution in [1.82, 2.24) is 0 Å². The summed E-state index contributed by atoms with van der Waals surface area (Å²) < 4.78 is 90.5. The van der Waals surface area contributed by atoms with Crippen LogP contribution in [0.1, 0.15) is 5.56 Å². The Labute approximate surface area is 126 Å². The summed E-state index contributed by atoms with van der Waals surface area (Å²) in [5.74, 6) is -1.30. The van der Waals surface area contributed by atoms with Crippen molar-refractivity contribution >= 4 is 0 Å². The van der Waals surface area contributed by atoms with Gasteiger partial charge < -0.3 is 5.11 Å². The maximum absolute atomic E-state index is 14.0. The van der Waals surface area contributed by atoms with E-state index in [0.717, 1.165) is 6.07 Å². The van der Waals surface area contributed by atoms with Crippen LogP contribution in [0.2, 0.25) is 0 Å². The number of alkyl halides is 6. The van der Waals surface area contributed by atoms with Gasteiger partial charge in [-0.05, 0) is 11.6 Å². The molecule has 124 valence electrons. The second-order valence-electron chi connectivity index (χ2n) is 4.77. The number of benzene rings is 2. The Bertz CT molecular complexity index is 675. The van der Waals surface area contributed by atoms with Gasteiger partial charge in [0.25, 0.3) is 5.60 Å². The fraction of sp³-hybridized carbons (Fsp3) is 0.200. The summed E-state index contributed by atoms with van der Waals surface area (Å²) in [6.45, 7) is 0. The standard InChI is InChI=1S/C15H9F7O/c16-12-8-10(13(23,14(17,18)19)15(20,21)22)6-7-11(12)9-4-2-1-3-5-9/h1-8,23H. The Kier molecular flexibility index (Phi) is 4.14. The molecule has 0 bridgehead atoms. The van der Waals surface area contributed by atoms with Crippen molar-refractivity contribution < 1.29 is 35.8 Å². The van der Waals surface area contributed by atoms with E-state index in [1.54, 1.807) is 6.07 Å². The third kappa shape index (κ3) is 2.90. The number of aliphatic hydroxyl groups is 1. The second-order valence-corrected chi connectivity index (χ2v) is 4.77. The molecule has 0 fully saturated rings. The topological polar surface area (TPSA) is 20.2 Å². The third-order valence-corrected chi connectivity index (χ3v) is 3.29. The summed E-state index contributed by atoms with van der Waals surface area (Å²) >= 11 is 0. The zero-order chi connectivity index (χ0) is 17.5. The molecule has 0 heterocycles. The van der Waals surface area contributed by atoms with E-state index in [-0.39, 0.29) is 17.2 Å². The van der Waals surface area contributed by atoms with E-state index in [1.807, 2.05) is 0 Å². The van der Waals surface area contributed by atoms with E-state index in [2.05, 4.69) is 0 Å². The van der Waals surface area contributed by atoms with E-state index in [4.69, 9.17) is 0 Å². The van der Waals surface area contributed by atoms with Crippen molar-refractivity contribution in [3.63, 3.8) is 0 Å². The van der Waals surface area contributed by atoms with Gasteiger partial charge in [0, 0.05) is 11.1 Å². The van der Waals surface area contributed by atoms with Crippen LogP contribution in [0.3, 0.4) is 0 Å². The zero-order valence-electron chi connectivity index (χ0n) is 11.2. The summed E-state index contributed by atoms with van der Waals surface area (Å²) in [5.41, 5.74) is -6.68. The van der Waals surface area contributed by atoms with Gasteiger partial charge in [-0.1, -0.05) is 42.5 Å². The monoisotopic (exact) mass is 338 g/mol. The molecule has 1 nitrogen and oxygen atoms in total. The summed E-state index contributed by atoms with van der Waals surface area (Å²) in [5, 5.41) is 9.22. The predicted molar refractivity (Wildman–Crippen MR) is 67.8 cm³/mol. The normalized spacial score (nSPS) is 13.2. The van der Waals surface area contributed by atoms with Crippen LogP contribution in [0, 0.1) is 5.82 Å². The largest absolute Gasteiger partial charge is 0.430 e. The van der Waals surface area contributed by atoms with Crippen molar-refractivity contribution in [2.24, 2.45) is 0 Å². The molecule has 0 aliphatic heterocycles. The summed E-state index contributed by atoms with van der Waals surface area (Å²) in [7, 11) is 0. The number of rotatable bonds is 2. The lowest BCUT2D eigenvalue weighted by atomic mass is 9.90. The van der Waals surface area contributed by atoms with Gasteiger partial charge in [-0.25, -0.2) is 4.39 Å². The van der Waals surface area contributed by atoms with Crippen LogP contribution < -0.4 is 0 Å². The molecule has 0 aliphatic carbocycles. The van der Waals surface area contributed by atoms with Crippen molar-refractivity contribution in [3.8, 4) is 11.1 Å². The first kappa shape index (κ1) is 17.3. The van der Waals surface area contributed by atoms with Crippen LogP contribution in [-0.2, 0) is 5.60 Å². The van der Waals surface area contributed by atoms with Crippen LogP contribution >= 0.6 is 0 Å². The molecule has 0 aromatic heterocycles. The number of hydrogen-bond acceptors (Lipinski definition) is 1. The first-order valence-corrected chi connectivity index (χ1v) is 6.20. The first-order chi connectivity index (χ1) is 10.5. The predicted octanol–water partition coefficient (Wildman–Crippen LogP) is 4.80. The SMILES string of the molecule is OC(c1ccc(-c2ccccc2)c(F)c1)(C(F)(F)F)C(F)(F)F. The molecule has 2 aromatic carbocycles. The Morgan fingerprint density at radius 2 is 1.26 bits per heavy atom. The molecule has 0 atom stereocenters. The Balaban J connectivity index is 2.59. The Morgan fingerprint density at radius 1 is 0.739 bits per heavy atom. The fourth-order valence-electron chi connectivity index (χ4n) is 2.08. The van der Waals surface area contributed by atoms with Crippen LogP contribution in [0.5, 0.6) is 0 Å². The molecule has 0 unspecified atom stereocenters. The van der Waals surface area contributed by atoms with Crippen LogP contribution in [0.15, 0.2) is 48.5 Å². The van der Waals surface area contributed by atoms with Crippen LogP contribution in [-0.4, -0.2) is 17.5 Å². The average molecular weight is 338 g/mol. The third-order valence-electron chi connectivity index (χ3n) is 3.29. The minimum Gasteiger partial charge on any atom is -0.369 e. The molecular formula is C15H9F7O. The highest BCUT2D eigenvalue weighted by molar-refractivity contribution is 5.64. The molecule has 0 spiro atoms. The van der Waals surface area contributed by atoms with Crippen molar-refractivity contribution in [3.05, 3.63) is 59.9 Å². The van der Waals surface area contributed by atoms with E-state index < -0.39 is 29.3 Å². The highest BCUT2D eigenvalue weighted by Gasteiger charge is 2.71. The number of halogens is 7. The number of hydrogen-bond donors (Lipinski definition) is 1. The van der Waals surface area contributed by atoms with Crippen molar-refractivity contribution in [2.75, 3.05) is 0 Å². The fourth-order valence-corrected chi connectivity index (χ4v) is 2.08. The van der Waals surface area contributed by atoms with Gasteiger partial charge in [-0.2, -0.15) is 26.3 Å². The molecule has 1 N–H and O–H groups in total. The van der Waals surface area contributed by atoms with E-state index in [0.29, 0.717) is 6.07 Å². The molecule has 2 rings (SSSR count). The molecular weight excluding hydrogens is 329 g/mol. The van der Waals surface area contributed by atoms with E-state index in [1.165, 1.54) is 24.3 Å². The molecule has 0 saturated carbocycles. The van der Waals surface area contributed by atoms with E-state index >= 15 is 0 Å². The summed E-state index contributed by atoms with van der Waals surface area (Å²) in [6, 6.07) is 8.78. The summed E-state index contributed by atoms with van der Waals surface area (Å²) in [6.07, 6.45) is -12.1. The van der Waals surface area contributed by atoms with Crippen molar-refractivity contribution in [2.45, 2.75) is 18.0 Å². The quantitative estimate of drug-likeness (QED) is 0.780. The van der Waals surface area contributed by atoms with Gasteiger partial charge in [0.05, 0.1) is 0 Å². The lowest BCUT2D eigenvalue weighted by Gasteiger charge is -2.32. The molecule has 8 heteroatoms. The molecule has 0 radical (unpaired) electrons. The van der Waals surface area contributed by atoms with E-state index in [9.17, 15) is 35.8 Å². The highest BCUT2D eigenvalue weighted by atomic mass is 19.4. The lowest BCUT2D eigenvalue weighted by Crippen LogP contribution is -2.53. The van der Waals surface area contributed by atoms with Gasteiger partial charge in [0.1, 0.15) is 5.82 Å². The molecule has 23 heavy (non-hydrogen) atoms. The lowest BCUT2D eigenvalue weighted by molar-refractivity contribution is -0.376. The average Bonchev–Trinajstić information content (AvgIpc) is 2.44. The molecule has 0 saturated heterocycles.